The van der Waals surface area contributed by atoms with E-state index in [-0.39, 0.29) is 6.04 Å². The van der Waals surface area contributed by atoms with Gasteiger partial charge >= 0.3 is 0 Å². The molecule has 0 aliphatic rings. The topological polar surface area (TPSA) is 38.4 Å². The van der Waals surface area contributed by atoms with Gasteiger partial charge < -0.3 is 5.73 Å². The number of terminal acetylenes is 1. The second-order valence-corrected chi connectivity index (χ2v) is 1.94. The predicted octanol–water partition coefficient (Wildman–Crippen LogP) is 0.594. The number of allylic oxidation sites excluding steroid dienone is 1. The minimum Gasteiger partial charge on any atom is -0.323 e. The number of hydrogen-bond donors (Lipinski definition) is 1. The average Bonchev–Trinajstić information content (AvgIpc) is 1.89. The van der Waals surface area contributed by atoms with Gasteiger partial charge in [-0.1, -0.05) is 5.92 Å². The number of nitrogens with two attached hydrogens (primary N) is 1. The zero-order valence-corrected chi connectivity index (χ0v) is 6.33. The molecule has 0 fully saturated rings. The first-order valence-electron chi connectivity index (χ1n) is 3.07. The van der Waals surface area contributed by atoms with Gasteiger partial charge in [-0.05, 0) is 19.1 Å². The third kappa shape index (κ3) is 3.06. The summed E-state index contributed by atoms with van der Waals surface area (Å²) < 4.78 is 0. The van der Waals surface area contributed by atoms with Gasteiger partial charge in [0.25, 0.3) is 0 Å². The quantitative estimate of drug-likeness (QED) is 0.438. The molecule has 1 unspecified atom stereocenters. The SMILES string of the molecule is C#C/C=C\C(=N/C)C(C)N. The van der Waals surface area contributed by atoms with Crippen molar-refractivity contribution in [3.05, 3.63) is 12.2 Å². The minimum atomic E-state index is -0.0467. The Bertz CT molecular complexity index is 182. The summed E-state index contributed by atoms with van der Waals surface area (Å²) in [6, 6.07) is -0.0467. The molecule has 2 N–H and O–H groups in total. The highest BCUT2D eigenvalue weighted by Crippen LogP contribution is 1.85. The molecule has 0 aromatic carbocycles. The molecular weight excluding hydrogens is 124 g/mol. The zero-order valence-electron chi connectivity index (χ0n) is 6.33. The fraction of sp³-hybridized carbons (Fsp3) is 0.375. The Morgan fingerprint density at radius 1 is 1.80 bits per heavy atom. The molecule has 1 atom stereocenters. The molecule has 0 aliphatic carbocycles. The molecule has 0 heterocycles. The van der Waals surface area contributed by atoms with Gasteiger partial charge in [0.15, 0.2) is 0 Å². The fourth-order valence-corrected chi connectivity index (χ4v) is 0.563. The van der Waals surface area contributed by atoms with Crippen LogP contribution in [0.15, 0.2) is 17.1 Å². The van der Waals surface area contributed by atoms with E-state index < -0.39 is 0 Å². The van der Waals surface area contributed by atoms with E-state index in [0.717, 1.165) is 5.71 Å². The van der Waals surface area contributed by atoms with E-state index in [2.05, 4.69) is 10.9 Å². The van der Waals surface area contributed by atoms with Crippen molar-refractivity contribution >= 4 is 5.71 Å². The average molecular weight is 136 g/mol. The molecule has 0 rings (SSSR count). The molecule has 2 nitrogen and oxygen atoms in total. The molecule has 0 aromatic heterocycles. The molecule has 10 heavy (non-hydrogen) atoms. The third-order valence-electron chi connectivity index (χ3n) is 1.08. The van der Waals surface area contributed by atoms with Crippen molar-refractivity contribution in [1.82, 2.24) is 0 Å². The largest absolute Gasteiger partial charge is 0.323 e. The van der Waals surface area contributed by atoms with Crippen LogP contribution in [-0.2, 0) is 0 Å². The molecule has 0 saturated carbocycles. The lowest BCUT2D eigenvalue weighted by Gasteiger charge is -2.01. The van der Waals surface area contributed by atoms with Crippen LogP contribution >= 0.6 is 0 Å². The smallest absolute Gasteiger partial charge is 0.0515 e. The lowest BCUT2D eigenvalue weighted by atomic mass is 10.2. The van der Waals surface area contributed by atoms with Crippen LogP contribution in [0, 0.1) is 12.3 Å². The number of nitrogens with zero attached hydrogens (tertiary/aromatic N) is 1. The predicted molar refractivity (Wildman–Crippen MR) is 45.0 cm³/mol. The van der Waals surface area contributed by atoms with E-state index in [1.807, 2.05) is 6.92 Å². The second kappa shape index (κ2) is 4.78. The van der Waals surface area contributed by atoms with Crippen molar-refractivity contribution in [2.75, 3.05) is 7.05 Å². The fourth-order valence-electron chi connectivity index (χ4n) is 0.563. The maximum absolute atomic E-state index is 5.54. The highest BCUT2D eigenvalue weighted by molar-refractivity contribution is 5.99. The van der Waals surface area contributed by atoms with Crippen LogP contribution in [0.2, 0.25) is 0 Å². The molecule has 0 aliphatic heterocycles. The maximum atomic E-state index is 5.54. The Morgan fingerprint density at radius 2 is 2.40 bits per heavy atom. The number of aliphatic imine (C=N–C) groups is 1. The van der Waals surface area contributed by atoms with Crippen LogP contribution in [0.3, 0.4) is 0 Å². The van der Waals surface area contributed by atoms with Crippen LogP contribution < -0.4 is 5.73 Å². The van der Waals surface area contributed by atoms with E-state index in [1.165, 1.54) is 0 Å². The normalized spacial score (nSPS) is 15.2. The van der Waals surface area contributed by atoms with Crippen molar-refractivity contribution < 1.29 is 0 Å². The summed E-state index contributed by atoms with van der Waals surface area (Å²) in [4.78, 5) is 3.93. The van der Waals surface area contributed by atoms with Crippen LogP contribution in [0.5, 0.6) is 0 Å². The van der Waals surface area contributed by atoms with Crippen LogP contribution in [0.25, 0.3) is 0 Å². The van der Waals surface area contributed by atoms with Crippen LogP contribution in [0.4, 0.5) is 0 Å². The lowest BCUT2D eigenvalue weighted by molar-refractivity contribution is 0.974. The summed E-state index contributed by atoms with van der Waals surface area (Å²) in [6.07, 6.45) is 8.33. The van der Waals surface area contributed by atoms with E-state index in [9.17, 15) is 0 Å². The second-order valence-electron chi connectivity index (χ2n) is 1.94. The van der Waals surface area contributed by atoms with Gasteiger partial charge in [-0.3, -0.25) is 4.99 Å². The molecular formula is C8H12N2. The van der Waals surface area contributed by atoms with Gasteiger partial charge in [-0.2, -0.15) is 0 Å². The standard InChI is InChI=1S/C8H12N2/c1-4-5-6-8(10-3)7(2)9/h1,5-7H,9H2,2-3H3/b6-5-,10-8+. The van der Waals surface area contributed by atoms with Crippen LogP contribution in [-0.4, -0.2) is 18.8 Å². The van der Waals surface area contributed by atoms with Gasteiger partial charge in [-0.15, -0.1) is 6.42 Å². The first-order chi connectivity index (χ1) is 4.72. The Morgan fingerprint density at radius 3 is 2.70 bits per heavy atom. The van der Waals surface area contributed by atoms with Gasteiger partial charge in [0.2, 0.25) is 0 Å². The molecule has 0 saturated heterocycles. The molecule has 54 valence electrons. The molecule has 0 amide bonds. The first-order valence-corrected chi connectivity index (χ1v) is 3.07. The lowest BCUT2D eigenvalue weighted by Crippen LogP contribution is -2.24. The van der Waals surface area contributed by atoms with Gasteiger partial charge in [0, 0.05) is 13.1 Å². The molecule has 2 heteroatoms. The van der Waals surface area contributed by atoms with Crippen molar-refractivity contribution in [2.24, 2.45) is 10.7 Å². The van der Waals surface area contributed by atoms with E-state index >= 15 is 0 Å². The zero-order chi connectivity index (χ0) is 7.98. The number of rotatable bonds is 2. The number of hydrogen-bond acceptors (Lipinski definition) is 2. The summed E-state index contributed by atoms with van der Waals surface area (Å²) in [7, 11) is 1.69. The van der Waals surface area contributed by atoms with E-state index in [0.29, 0.717) is 0 Å². The summed E-state index contributed by atoms with van der Waals surface area (Å²) in [6.45, 7) is 1.86. The highest BCUT2D eigenvalue weighted by atomic mass is 14.7. The van der Waals surface area contributed by atoms with E-state index in [1.54, 1.807) is 19.2 Å². The molecule has 0 spiro atoms. The summed E-state index contributed by atoms with van der Waals surface area (Å²) in [5.41, 5.74) is 6.35. The van der Waals surface area contributed by atoms with Gasteiger partial charge in [-0.25, -0.2) is 0 Å². The monoisotopic (exact) mass is 136 g/mol. The molecule has 0 aromatic rings. The molecule has 0 radical (unpaired) electrons. The summed E-state index contributed by atoms with van der Waals surface area (Å²) in [5.74, 6) is 2.37. The van der Waals surface area contributed by atoms with E-state index in [4.69, 9.17) is 12.2 Å². The Hall–Kier alpha value is -1.07. The van der Waals surface area contributed by atoms with Gasteiger partial charge in [0.1, 0.15) is 0 Å². The maximum Gasteiger partial charge on any atom is 0.0515 e. The highest BCUT2D eigenvalue weighted by Gasteiger charge is 1.97. The third-order valence-corrected chi connectivity index (χ3v) is 1.08. The minimum absolute atomic E-state index is 0.0467. The first kappa shape index (κ1) is 8.93. The Balaban J connectivity index is 4.15. The Kier molecular flexibility index (Phi) is 4.26. The molecule has 0 bridgehead atoms. The van der Waals surface area contributed by atoms with Crippen molar-refractivity contribution in [3.63, 3.8) is 0 Å². The Labute approximate surface area is 61.8 Å². The van der Waals surface area contributed by atoms with Crippen molar-refractivity contribution in [2.45, 2.75) is 13.0 Å². The summed E-state index contributed by atoms with van der Waals surface area (Å²) in [5, 5.41) is 0. The van der Waals surface area contributed by atoms with Crippen molar-refractivity contribution in [3.8, 4) is 12.3 Å². The summed E-state index contributed by atoms with van der Waals surface area (Å²) >= 11 is 0. The van der Waals surface area contributed by atoms with Crippen LogP contribution in [0.1, 0.15) is 6.92 Å². The van der Waals surface area contributed by atoms with Gasteiger partial charge in [0.05, 0.1) is 5.71 Å². The van der Waals surface area contributed by atoms with Crippen molar-refractivity contribution in [1.29, 1.82) is 0 Å².